The highest BCUT2D eigenvalue weighted by Crippen LogP contribution is 2.41. The minimum absolute atomic E-state index is 0.157. The zero-order valence-electron chi connectivity index (χ0n) is 13.4. The largest absolute Gasteiger partial charge is 0.382 e. The number of nitrogens with zero attached hydrogens (tertiary/aromatic N) is 4. The van der Waals surface area contributed by atoms with Crippen molar-refractivity contribution in [2.45, 2.75) is 44.3 Å². The number of hydrogen-bond acceptors (Lipinski definition) is 9. The van der Waals surface area contributed by atoms with Gasteiger partial charge >= 0.3 is 0 Å². The maximum absolute atomic E-state index is 12.0. The number of rotatable bonds is 4. The van der Waals surface area contributed by atoms with Gasteiger partial charge in [0.2, 0.25) is 0 Å². The molecule has 2 aromatic rings. The summed E-state index contributed by atoms with van der Waals surface area (Å²) in [6.45, 7) is 2.32. The SMILES string of the molecule is CC(=O)C(O)[C@H]1O[C@@H](n2c(Br)nc3c(N)ncnc32)C[C@@]1(O)C(C)=O. The number of hydrogen-bond donors (Lipinski definition) is 3. The van der Waals surface area contributed by atoms with E-state index in [4.69, 9.17) is 10.5 Å². The van der Waals surface area contributed by atoms with Crippen molar-refractivity contribution in [3.8, 4) is 0 Å². The molecule has 0 radical (unpaired) electrons. The first-order valence-electron chi connectivity index (χ1n) is 7.38. The Kier molecular flexibility index (Phi) is 4.35. The van der Waals surface area contributed by atoms with Gasteiger partial charge < -0.3 is 20.7 Å². The van der Waals surface area contributed by atoms with Gasteiger partial charge in [-0.1, -0.05) is 0 Å². The number of anilines is 1. The molecule has 4 atom stereocenters. The van der Waals surface area contributed by atoms with Crippen LogP contribution in [-0.4, -0.2) is 59.1 Å². The number of halogens is 1. The zero-order chi connectivity index (χ0) is 18.5. The lowest BCUT2D eigenvalue weighted by Crippen LogP contribution is -2.52. The number of fused-ring (bicyclic) bond motifs is 1. The molecule has 1 aliphatic heterocycles. The Bertz CT molecular complexity index is 871. The molecule has 1 fully saturated rings. The van der Waals surface area contributed by atoms with Crippen molar-refractivity contribution < 1.29 is 24.5 Å². The highest BCUT2D eigenvalue weighted by atomic mass is 79.9. The molecule has 3 heterocycles. The third-order valence-corrected chi connectivity index (χ3v) is 4.88. The van der Waals surface area contributed by atoms with E-state index in [9.17, 15) is 19.8 Å². The monoisotopic (exact) mass is 413 g/mol. The van der Waals surface area contributed by atoms with E-state index in [2.05, 4.69) is 30.9 Å². The molecule has 10 nitrogen and oxygen atoms in total. The maximum Gasteiger partial charge on any atom is 0.181 e. The van der Waals surface area contributed by atoms with Crippen molar-refractivity contribution in [2.75, 3.05) is 5.73 Å². The van der Waals surface area contributed by atoms with Gasteiger partial charge in [-0.3, -0.25) is 14.2 Å². The van der Waals surface area contributed by atoms with Gasteiger partial charge in [0.15, 0.2) is 38.9 Å². The van der Waals surface area contributed by atoms with Gasteiger partial charge in [0.25, 0.3) is 0 Å². The summed E-state index contributed by atoms with van der Waals surface area (Å²) in [6, 6.07) is 0. The van der Waals surface area contributed by atoms with Gasteiger partial charge in [0, 0.05) is 6.42 Å². The quantitative estimate of drug-likeness (QED) is 0.574. The van der Waals surface area contributed by atoms with E-state index in [0.717, 1.165) is 6.92 Å². The standard InChI is InChI=1S/C14H16BrN5O5/c1-5(21)9(23)10-14(24,6(2)22)3-7(25-10)20-12-8(19-13(20)15)11(16)17-4-18-12/h4,7,9-10,23-24H,3H2,1-2H3,(H2,16,17,18)/t7-,9?,10-,14-/m1/s1. The van der Waals surface area contributed by atoms with E-state index in [1.807, 2.05) is 0 Å². The first kappa shape index (κ1) is 17.9. The van der Waals surface area contributed by atoms with Crippen molar-refractivity contribution in [3.05, 3.63) is 11.1 Å². The lowest BCUT2D eigenvalue weighted by molar-refractivity contribution is -0.158. The van der Waals surface area contributed by atoms with Gasteiger partial charge in [0.05, 0.1) is 0 Å². The number of aromatic nitrogens is 4. The summed E-state index contributed by atoms with van der Waals surface area (Å²) in [5.41, 5.74) is 4.40. The summed E-state index contributed by atoms with van der Waals surface area (Å²) in [6.07, 6.45) is -2.90. The molecular formula is C14H16BrN5O5. The minimum Gasteiger partial charge on any atom is -0.382 e. The minimum atomic E-state index is -2.02. The molecule has 4 N–H and O–H groups in total. The Labute approximate surface area is 150 Å². The number of nitrogen functional groups attached to an aromatic ring is 1. The number of aliphatic hydroxyl groups excluding tert-OH is 1. The normalized spacial score (nSPS) is 27.6. The van der Waals surface area contributed by atoms with Crippen LogP contribution in [0.15, 0.2) is 11.1 Å². The number of carbonyl (C=O) groups is 2. The van der Waals surface area contributed by atoms with Crippen LogP contribution in [0.5, 0.6) is 0 Å². The molecule has 1 aliphatic rings. The van der Waals surface area contributed by atoms with Crippen LogP contribution in [0.3, 0.4) is 0 Å². The second-order valence-electron chi connectivity index (χ2n) is 5.93. The molecule has 2 aromatic heterocycles. The summed E-state index contributed by atoms with van der Waals surface area (Å²) in [5, 5.41) is 20.8. The van der Waals surface area contributed by atoms with E-state index in [-0.39, 0.29) is 12.2 Å². The zero-order valence-corrected chi connectivity index (χ0v) is 15.0. The molecule has 0 spiro atoms. The Morgan fingerprint density at radius 1 is 1.48 bits per heavy atom. The topological polar surface area (TPSA) is 153 Å². The molecule has 0 amide bonds. The van der Waals surface area contributed by atoms with Gasteiger partial charge in [0.1, 0.15) is 24.8 Å². The van der Waals surface area contributed by atoms with Crippen LogP contribution in [0.1, 0.15) is 26.5 Å². The lowest BCUT2D eigenvalue weighted by Gasteiger charge is -2.27. The summed E-state index contributed by atoms with van der Waals surface area (Å²) in [7, 11) is 0. The van der Waals surface area contributed by atoms with Crippen LogP contribution < -0.4 is 5.73 Å². The first-order valence-corrected chi connectivity index (χ1v) is 8.17. The fourth-order valence-electron chi connectivity index (χ4n) is 2.91. The fourth-order valence-corrected chi connectivity index (χ4v) is 3.49. The third-order valence-electron chi connectivity index (χ3n) is 4.32. The van der Waals surface area contributed by atoms with E-state index in [1.165, 1.54) is 17.8 Å². The fraction of sp³-hybridized carbons (Fsp3) is 0.500. The molecule has 1 saturated heterocycles. The highest BCUT2D eigenvalue weighted by Gasteiger charge is 2.55. The predicted octanol–water partition coefficient (Wildman–Crippen LogP) is -0.272. The molecule has 3 rings (SSSR count). The molecule has 0 aromatic carbocycles. The number of Topliss-reactive ketones (excluding diaryl/α,β-unsaturated/α-hetero) is 2. The van der Waals surface area contributed by atoms with Crippen LogP contribution in [0.25, 0.3) is 11.2 Å². The predicted molar refractivity (Wildman–Crippen MR) is 88.3 cm³/mol. The molecule has 0 bridgehead atoms. The van der Waals surface area contributed by atoms with Crippen LogP contribution in [0, 0.1) is 0 Å². The number of ether oxygens (including phenoxy) is 1. The van der Waals surface area contributed by atoms with Crippen molar-refractivity contribution >= 4 is 44.5 Å². The maximum atomic E-state index is 12.0. The Balaban J connectivity index is 2.08. The van der Waals surface area contributed by atoms with Crippen molar-refractivity contribution in [1.29, 1.82) is 0 Å². The molecule has 1 unspecified atom stereocenters. The lowest BCUT2D eigenvalue weighted by atomic mass is 9.86. The van der Waals surface area contributed by atoms with E-state index in [0.29, 0.717) is 15.9 Å². The van der Waals surface area contributed by atoms with E-state index in [1.54, 1.807) is 0 Å². The average molecular weight is 414 g/mol. The molecule has 11 heteroatoms. The van der Waals surface area contributed by atoms with Crippen LogP contribution in [-0.2, 0) is 14.3 Å². The first-order chi connectivity index (χ1) is 11.7. The smallest absolute Gasteiger partial charge is 0.181 e. The molecule has 0 aliphatic carbocycles. The molecule has 134 valence electrons. The Hall–Kier alpha value is -1.95. The van der Waals surface area contributed by atoms with Gasteiger partial charge in [-0.25, -0.2) is 15.0 Å². The second kappa shape index (κ2) is 6.09. The summed E-state index contributed by atoms with van der Waals surface area (Å²) in [5.74, 6) is -1.08. The number of ketones is 2. The molecule has 0 saturated carbocycles. The van der Waals surface area contributed by atoms with Crippen LogP contribution in [0.4, 0.5) is 5.82 Å². The van der Waals surface area contributed by atoms with Gasteiger partial charge in [-0.15, -0.1) is 0 Å². The van der Waals surface area contributed by atoms with Gasteiger partial charge in [-0.2, -0.15) is 0 Å². The highest BCUT2D eigenvalue weighted by molar-refractivity contribution is 9.10. The van der Waals surface area contributed by atoms with Crippen molar-refractivity contribution in [3.63, 3.8) is 0 Å². The second-order valence-corrected chi connectivity index (χ2v) is 6.64. The number of carbonyl (C=O) groups excluding carboxylic acids is 2. The van der Waals surface area contributed by atoms with E-state index >= 15 is 0 Å². The summed E-state index contributed by atoms with van der Waals surface area (Å²) < 4.78 is 7.46. The number of aliphatic hydroxyl groups is 2. The Morgan fingerprint density at radius 3 is 2.76 bits per heavy atom. The Morgan fingerprint density at radius 2 is 2.16 bits per heavy atom. The molecule has 25 heavy (non-hydrogen) atoms. The third kappa shape index (κ3) is 2.72. The summed E-state index contributed by atoms with van der Waals surface area (Å²) in [4.78, 5) is 35.7. The summed E-state index contributed by atoms with van der Waals surface area (Å²) >= 11 is 3.27. The number of nitrogens with two attached hydrogens (primary N) is 1. The van der Waals surface area contributed by atoms with Gasteiger partial charge in [-0.05, 0) is 29.8 Å². The van der Waals surface area contributed by atoms with Crippen LogP contribution in [0.2, 0.25) is 0 Å². The number of imidazole rings is 1. The van der Waals surface area contributed by atoms with Crippen molar-refractivity contribution in [1.82, 2.24) is 19.5 Å². The van der Waals surface area contributed by atoms with Crippen LogP contribution >= 0.6 is 15.9 Å². The molecular weight excluding hydrogens is 398 g/mol. The van der Waals surface area contributed by atoms with Crippen molar-refractivity contribution in [2.24, 2.45) is 0 Å². The average Bonchev–Trinajstić information content (AvgIpc) is 3.05. The van der Waals surface area contributed by atoms with E-state index < -0.39 is 35.6 Å².